The highest BCUT2D eigenvalue weighted by Gasteiger charge is 2.20. The summed E-state index contributed by atoms with van der Waals surface area (Å²) in [6.07, 6.45) is 0.0848. The van der Waals surface area contributed by atoms with E-state index in [1.165, 1.54) is 0 Å². The molecule has 140 valence electrons. The molecular weight excluding hydrogens is 326 g/mol. The van der Waals surface area contributed by atoms with Gasteiger partial charge in [0.2, 0.25) is 0 Å². The molecule has 0 bridgehead atoms. The molecule has 2 aromatic carbocycles. The zero-order valence-corrected chi connectivity index (χ0v) is 16.3. The molecule has 2 atom stereocenters. The minimum Gasteiger partial charge on any atom is -0.491 e. The third-order valence-electron chi connectivity index (χ3n) is 4.11. The van der Waals surface area contributed by atoms with Crippen molar-refractivity contribution in [1.82, 2.24) is 5.32 Å². The maximum absolute atomic E-state index is 12.5. The van der Waals surface area contributed by atoms with Crippen LogP contribution in [0.1, 0.15) is 37.0 Å². The van der Waals surface area contributed by atoms with E-state index in [4.69, 9.17) is 9.47 Å². The van der Waals surface area contributed by atoms with Crippen LogP contribution in [0.4, 0.5) is 0 Å². The van der Waals surface area contributed by atoms with Crippen molar-refractivity contribution in [1.29, 1.82) is 0 Å². The summed E-state index contributed by atoms with van der Waals surface area (Å²) in [5.41, 5.74) is 3.32. The van der Waals surface area contributed by atoms with Crippen LogP contribution in [-0.2, 0) is 4.79 Å². The number of hydrogen-bond acceptors (Lipinski definition) is 3. The zero-order valence-electron chi connectivity index (χ0n) is 16.3. The fourth-order valence-electron chi connectivity index (χ4n) is 2.80. The van der Waals surface area contributed by atoms with E-state index in [-0.39, 0.29) is 11.9 Å². The third-order valence-corrected chi connectivity index (χ3v) is 4.11. The first-order chi connectivity index (χ1) is 12.4. The lowest BCUT2D eigenvalue weighted by molar-refractivity contribution is -0.128. The van der Waals surface area contributed by atoms with E-state index in [1.54, 1.807) is 0 Å². The van der Waals surface area contributed by atoms with Gasteiger partial charge in [-0.2, -0.15) is 0 Å². The fourth-order valence-corrected chi connectivity index (χ4v) is 2.80. The first-order valence-electron chi connectivity index (χ1n) is 9.12. The van der Waals surface area contributed by atoms with E-state index < -0.39 is 6.10 Å². The summed E-state index contributed by atoms with van der Waals surface area (Å²) in [5, 5.41) is 2.98. The first-order valence-corrected chi connectivity index (χ1v) is 9.12. The zero-order chi connectivity index (χ0) is 19.1. The molecule has 0 aliphatic heterocycles. The first kappa shape index (κ1) is 19.8. The molecule has 26 heavy (non-hydrogen) atoms. The SMILES string of the molecule is CC[C@@H](Oc1cc(C)cc(C)c1)C(=O)N[C@H](C)COc1ccccc1C. The second-order valence-electron chi connectivity index (χ2n) is 6.82. The van der Waals surface area contributed by atoms with Crippen LogP contribution in [-0.4, -0.2) is 24.7 Å². The Hall–Kier alpha value is -2.49. The quantitative estimate of drug-likeness (QED) is 0.766. The van der Waals surface area contributed by atoms with Gasteiger partial charge in [0.05, 0.1) is 6.04 Å². The Balaban J connectivity index is 1.90. The van der Waals surface area contributed by atoms with Crippen LogP contribution in [0.3, 0.4) is 0 Å². The molecule has 0 radical (unpaired) electrons. The summed E-state index contributed by atoms with van der Waals surface area (Å²) in [6, 6.07) is 13.7. The van der Waals surface area contributed by atoms with E-state index in [9.17, 15) is 4.79 Å². The lowest BCUT2D eigenvalue weighted by Crippen LogP contribution is -2.44. The molecule has 0 saturated carbocycles. The van der Waals surface area contributed by atoms with Crippen molar-refractivity contribution < 1.29 is 14.3 Å². The predicted octanol–water partition coefficient (Wildman–Crippen LogP) is 4.35. The molecule has 4 heteroatoms. The number of carbonyl (C=O) groups excluding carboxylic acids is 1. The number of aryl methyl sites for hydroxylation is 3. The average molecular weight is 355 g/mol. The largest absolute Gasteiger partial charge is 0.491 e. The number of carbonyl (C=O) groups is 1. The molecule has 0 aromatic heterocycles. The van der Waals surface area contributed by atoms with Gasteiger partial charge in [0.15, 0.2) is 6.10 Å². The summed E-state index contributed by atoms with van der Waals surface area (Å²) in [7, 11) is 0. The number of benzene rings is 2. The highest BCUT2D eigenvalue weighted by molar-refractivity contribution is 5.81. The van der Waals surface area contributed by atoms with Crippen LogP contribution >= 0.6 is 0 Å². The Labute approximate surface area is 156 Å². The fraction of sp³-hybridized carbons (Fsp3) is 0.409. The Morgan fingerprint density at radius 1 is 1.08 bits per heavy atom. The Morgan fingerprint density at radius 3 is 2.35 bits per heavy atom. The van der Waals surface area contributed by atoms with E-state index >= 15 is 0 Å². The van der Waals surface area contributed by atoms with Crippen LogP contribution < -0.4 is 14.8 Å². The summed E-state index contributed by atoms with van der Waals surface area (Å²) in [5.74, 6) is 1.45. The Morgan fingerprint density at radius 2 is 1.73 bits per heavy atom. The molecule has 0 aliphatic carbocycles. The van der Waals surface area contributed by atoms with Crippen molar-refractivity contribution in [3.05, 3.63) is 59.2 Å². The normalized spacial score (nSPS) is 13.0. The minimum atomic E-state index is -0.517. The summed E-state index contributed by atoms with van der Waals surface area (Å²) in [4.78, 5) is 12.5. The van der Waals surface area contributed by atoms with E-state index in [0.717, 1.165) is 28.2 Å². The number of ether oxygens (including phenoxy) is 2. The van der Waals surface area contributed by atoms with Gasteiger partial charge >= 0.3 is 0 Å². The highest BCUT2D eigenvalue weighted by atomic mass is 16.5. The van der Waals surface area contributed by atoms with Crippen molar-refractivity contribution in [3.63, 3.8) is 0 Å². The molecule has 0 saturated heterocycles. The molecule has 0 spiro atoms. The van der Waals surface area contributed by atoms with Crippen molar-refractivity contribution in [3.8, 4) is 11.5 Å². The van der Waals surface area contributed by atoms with Gasteiger partial charge in [-0.3, -0.25) is 4.79 Å². The maximum atomic E-state index is 12.5. The van der Waals surface area contributed by atoms with Gasteiger partial charge in [-0.25, -0.2) is 0 Å². The molecule has 0 aliphatic rings. The van der Waals surface area contributed by atoms with Gasteiger partial charge in [0.25, 0.3) is 5.91 Å². The lowest BCUT2D eigenvalue weighted by atomic mass is 10.1. The minimum absolute atomic E-state index is 0.112. The van der Waals surface area contributed by atoms with Crippen LogP contribution in [0.2, 0.25) is 0 Å². The lowest BCUT2D eigenvalue weighted by Gasteiger charge is -2.21. The van der Waals surface area contributed by atoms with Gasteiger partial charge in [-0.15, -0.1) is 0 Å². The van der Waals surface area contributed by atoms with Crippen LogP contribution in [0.5, 0.6) is 11.5 Å². The molecule has 2 aromatic rings. The van der Waals surface area contributed by atoms with Crippen molar-refractivity contribution in [2.75, 3.05) is 6.61 Å². The molecule has 0 heterocycles. The monoisotopic (exact) mass is 355 g/mol. The number of hydrogen-bond donors (Lipinski definition) is 1. The highest BCUT2D eigenvalue weighted by Crippen LogP contribution is 2.19. The molecule has 2 rings (SSSR count). The van der Waals surface area contributed by atoms with Gasteiger partial charge in [-0.1, -0.05) is 31.2 Å². The molecule has 1 amide bonds. The molecule has 0 unspecified atom stereocenters. The second kappa shape index (κ2) is 9.27. The summed E-state index contributed by atoms with van der Waals surface area (Å²) < 4.78 is 11.7. The van der Waals surface area contributed by atoms with Crippen LogP contribution in [0.25, 0.3) is 0 Å². The van der Waals surface area contributed by atoms with E-state index in [0.29, 0.717) is 13.0 Å². The van der Waals surface area contributed by atoms with E-state index in [1.807, 2.05) is 71.0 Å². The number of amides is 1. The Bertz CT molecular complexity index is 722. The summed E-state index contributed by atoms with van der Waals surface area (Å²) >= 11 is 0. The predicted molar refractivity (Wildman–Crippen MR) is 105 cm³/mol. The van der Waals surface area contributed by atoms with Crippen molar-refractivity contribution in [2.45, 2.75) is 53.2 Å². The van der Waals surface area contributed by atoms with Gasteiger partial charge in [0.1, 0.15) is 18.1 Å². The second-order valence-corrected chi connectivity index (χ2v) is 6.82. The van der Waals surface area contributed by atoms with Crippen LogP contribution in [0.15, 0.2) is 42.5 Å². The van der Waals surface area contributed by atoms with Gasteiger partial charge in [0, 0.05) is 0 Å². The number of nitrogens with one attached hydrogen (secondary N) is 1. The van der Waals surface area contributed by atoms with Gasteiger partial charge < -0.3 is 14.8 Å². The Kier molecular flexibility index (Phi) is 7.07. The third kappa shape index (κ3) is 5.80. The maximum Gasteiger partial charge on any atom is 0.261 e. The molecule has 0 fully saturated rings. The number of rotatable bonds is 8. The van der Waals surface area contributed by atoms with Crippen molar-refractivity contribution in [2.24, 2.45) is 0 Å². The number of para-hydroxylation sites is 1. The van der Waals surface area contributed by atoms with Crippen molar-refractivity contribution >= 4 is 5.91 Å². The van der Waals surface area contributed by atoms with Gasteiger partial charge in [-0.05, 0) is 69.0 Å². The topological polar surface area (TPSA) is 47.6 Å². The standard InChI is InChI=1S/C22H29NO3/c1-6-20(26-19-12-15(2)11-16(3)13-19)22(24)23-18(5)14-25-21-10-8-7-9-17(21)4/h7-13,18,20H,6,14H2,1-5H3,(H,23,24)/t18-,20-/m1/s1. The molecular formula is C22H29NO3. The summed E-state index contributed by atoms with van der Waals surface area (Å²) in [6.45, 7) is 10.3. The molecule has 1 N–H and O–H groups in total. The average Bonchev–Trinajstić information content (AvgIpc) is 2.58. The van der Waals surface area contributed by atoms with E-state index in [2.05, 4.69) is 11.4 Å². The van der Waals surface area contributed by atoms with Crippen LogP contribution in [0, 0.1) is 20.8 Å². The molecule has 4 nitrogen and oxygen atoms in total. The smallest absolute Gasteiger partial charge is 0.261 e.